The maximum Gasteiger partial charge on any atom is 0.253 e. The molecule has 0 radical (unpaired) electrons. The minimum absolute atomic E-state index is 0.275. The van der Waals surface area contributed by atoms with Gasteiger partial charge in [0.2, 0.25) is 0 Å². The summed E-state index contributed by atoms with van der Waals surface area (Å²) in [6, 6.07) is 0. The van der Waals surface area contributed by atoms with Gasteiger partial charge < -0.3 is 10.1 Å². The molecule has 5 nitrogen and oxygen atoms in total. The summed E-state index contributed by atoms with van der Waals surface area (Å²) in [6.07, 6.45) is 10.4. The van der Waals surface area contributed by atoms with Gasteiger partial charge >= 0.3 is 0 Å². The number of hydrogen-bond acceptors (Lipinski definition) is 4. The molecule has 23 heavy (non-hydrogen) atoms. The minimum atomic E-state index is -0.648. The summed E-state index contributed by atoms with van der Waals surface area (Å²) in [6.45, 7) is 4.94. The highest BCUT2D eigenvalue weighted by Crippen LogP contribution is 2.41. The fraction of sp³-hybridized carbons (Fsp3) is 0.722. The molecule has 0 aromatic heterocycles. The quantitative estimate of drug-likeness (QED) is 0.549. The van der Waals surface area contributed by atoms with Crippen LogP contribution in [0.2, 0.25) is 0 Å². The molecule has 2 unspecified atom stereocenters. The van der Waals surface area contributed by atoms with Crippen LogP contribution in [0.1, 0.15) is 45.4 Å². The minimum Gasteiger partial charge on any atom is -0.378 e. The van der Waals surface area contributed by atoms with Crippen LogP contribution in [0.3, 0.4) is 0 Å². The number of piperidine rings is 1. The second-order valence-electron chi connectivity index (χ2n) is 7.39. The molecule has 3 aliphatic rings. The number of hydroxylamine groups is 1. The van der Waals surface area contributed by atoms with Crippen LogP contribution in [0.15, 0.2) is 23.3 Å². The van der Waals surface area contributed by atoms with E-state index in [0.717, 1.165) is 39.0 Å². The summed E-state index contributed by atoms with van der Waals surface area (Å²) in [7, 11) is 0. The Balaban J connectivity index is 1.55. The highest BCUT2D eigenvalue weighted by atomic mass is 16.5. The molecule has 1 heterocycles. The Hall–Kier alpha value is -1.17. The van der Waals surface area contributed by atoms with Gasteiger partial charge in [-0.2, -0.15) is 0 Å². The number of carbonyl (C=O) groups is 1. The maximum absolute atomic E-state index is 11.9. The molecule has 128 valence electrons. The van der Waals surface area contributed by atoms with Crippen molar-refractivity contribution in [3.8, 4) is 0 Å². The lowest BCUT2D eigenvalue weighted by Gasteiger charge is -2.35. The Kier molecular flexibility index (Phi) is 5.19. The molecule has 1 amide bonds. The summed E-state index contributed by atoms with van der Waals surface area (Å²) in [5, 5.41) is 12.3. The molecular formula is C18H28N2O3. The van der Waals surface area contributed by atoms with E-state index in [2.05, 4.69) is 11.4 Å². The largest absolute Gasteiger partial charge is 0.378 e. The average molecular weight is 320 g/mol. The third-order valence-electron chi connectivity index (χ3n) is 5.54. The summed E-state index contributed by atoms with van der Waals surface area (Å²) < 4.78 is 6.19. The molecule has 3 N–H and O–H groups in total. The van der Waals surface area contributed by atoms with Crippen molar-refractivity contribution in [2.45, 2.75) is 51.6 Å². The molecule has 5 heteroatoms. The van der Waals surface area contributed by atoms with Gasteiger partial charge in [-0.15, -0.1) is 0 Å². The Labute approximate surface area is 138 Å². The van der Waals surface area contributed by atoms with Gasteiger partial charge in [0.15, 0.2) is 0 Å². The molecule has 2 aliphatic carbocycles. The number of ether oxygens (including phenoxy) is 1. The maximum atomic E-state index is 11.9. The van der Waals surface area contributed by atoms with Crippen molar-refractivity contribution in [2.75, 3.05) is 19.7 Å². The number of nitrogens with one attached hydrogen (secondary N) is 2. The van der Waals surface area contributed by atoms with Gasteiger partial charge in [0.25, 0.3) is 5.91 Å². The lowest BCUT2D eigenvalue weighted by molar-refractivity contribution is -0.136. The van der Waals surface area contributed by atoms with E-state index in [1.54, 1.807) is 5.48 Å². The van der Waals surface area contributed by atoms with Crippen molar-refractivity contribution in [2.24, 2.45) is 11.3 Å². The van der Waals surface area contributed by atoms with E-state index in [0.29, 0.717) is 12.3 Å². The SMILES string of the molecule is CC1(C(=O)NO)C=CC2=C(CC(OCC3CCNCC3)CC2)C1. The fourth-order valence-electron chi connectivity index (χ4n) is 3.92. The highest BCUT2D eigenvalue weighted by Gasteiger charge is 2.36. The van der Waals surface area contributed by atoms with Crippen molar-refractivity contribution in [1.82, 2.24) is 10.8 Å². The van der Waals surface area contributed by atoms with Gasteiger partial charge in [0, 0.05) is 6.61 Å². The van der Waals surface area contributed by atoms with E-state index in [4.69, 9.17) is 9.94 Å². The average Bonchev–Trinajstić information content (AvgIpc) is 2.59. The Morgan fingerprint density at radius 3 is 2.96 bits per heavy atom. The molecule has 0 bridgehead atoms. The molecule has 3 rings (SSSR count). The number of hydrogen-bond donors (Lipinski definition) is 3. The first kappa shape index (κ1) is 16.7. The van der Waals surface area contributed by atoms with Crippen molar-refractivity contribution in [3.05, 3.63) is 23.3 Å². The van der Waals surface area contributed by atoms with Crippen LogP contribution in [-0.2, 0) is 9.53 Å². The Morgan fingerprint density at radius 1 is 1.43 bits per heavy atom. The lowest BCUT2D eigenvalue weighted by atomic mass is 9.73. The van der Waals surface area contributed by atoms with Crippen LogP contribution in [0.5, 0.6) is 0 Å². The molecule has 0 spiro atoms. The first-order valence-corrected chi connectivity index (χ1v) is 8.78. The Bertz CT molecular complexity index is 508. The van der Waals surface area contributed by atoms with Crippen molar-refractivity contribution >= 4 is 5.91 Å². The molecule has 0 aromatic rings. The first-order valence-electron chi connectivity index (χ1n) is 8.78. The van der Waals surface area contributed by atoms with Gasteiger partial charge in [-0.25, -0.2) is 5.48 Å². The van der Waals surface area contributed by atoms with Gasteiger partial charge in [0.1, 0.15) is 0 Å². The van der Waals surface area contributed by atoms with Crippen molar-refractivity contribution in [3.63, 3.8) is 0 Å². The summed E-state index contributed by atoms with van der Waals surface area (Å²) in [5.74, 6) is 0.348. The smallest absolute Gasteiger partial charge is 0.253 e. The second kappa shape index (κ2) is 7.16. The zero-order chi connectivity index (χ0) is 16.3. The summed E-state index contributed by atoms with van der Waals surface area (Å²) in [5.41, 5.74) is 3.83. The van der Waals surface area contributed by atoms with E-state index in [-0.39, 0.29) is 12.0 Å². The zero-order valence-corrected chi connectivity index (χ0v) is 13.9. The molecular weight excluding hydrogens is 292 g/mol. The van der Waals surface area contributed by atoms with E-state index in [1.165, 1.54) is 24.0 Å². The second-order valence-corrected chi connectivity index (χ2v) is 7.39. The van der Waals surface area contributed by atoms with Crippen LogP contribution in [0.25, 0.3) is 0 Å². The Morgan fingerprint density at radius 2 is 2.22 bits per heavy atom. The predicted molar refractivity (Wildman–Crippen MR) is 88.0 cm³/mol. The molecule has 0 saturated carbocycles. The third kappa shape index (κ3) is 3.84. The standard InChI is InChI=1S/C18H28N2O3/c1-18(17(21)20-22)7-4-14-2-3-16(10-15(14)11-18)23-12-13-5-8-19-9-6-13/h4,7,13,16,19,22H,2-3,5-6,8-12H2,1H3,(H,20,21). The molecule has 1 fully saturated rings. The van der Waals surface area contributed by atoms with E-state index in [9.17, 15) is 4.79 Å². The molecule has 1 aliphatic heterocycles. The molecule has 1 saturated heterocycles. The number of carbonyl (C=O) groups excluding carboxylic acids is 1. The lowest BCUT2D eigenvalue weighted by Crippen LogP contribution is -2.38. The number of allylic oxidation sites excluding steroid dienone is 2. The molecule has 2 atom stereocenters. The van der Waals surface area contributed by atoms with Crippen LogP contribution in [-0.4, -0.2) is 36.9 Å². The van der Waals surface area contributed by atoms with Crippen molar-refractivity contribution in [1.29, 1.82) is 0 Å². The van der Waals surface area contributed by atoms with Gasteiger partial charge in [-0.1, -0.05) is 17.7 Å². The topological polar surface area (TPSA) is 70.6 Å². The normalized spacial score (nSPS) is 31.8. The van der Waals surface area contributed by atoms with Crippen LogP contribution in [0, 0.1) is 11.3 Å². The number of amides is 1. The van der Waals surface area contributed by atoms with Gasteiger partial charge in [0.05, 0.1) is 11.5 Å². The van der Waals surface area contributed by atoms with Crippen LogP contribution in [0.4, 0.5) is 0 Å². The van der Waals surface area contributed by atoms with Crippen molar-refractivity contribution < 1.29 is 14.7 Å². The molecule has 0 aromatic carbocycles. The highest BCUT2D eigenvalue weighted by molar-refractivity contribution is 5.84. The third-order valence-corrected chi connectivity index (χ3v) is 5.54. The van der Waals surface area contributed by atoms with Crippen LogP contribution >= 0.6 is 0 Å². The van der Waals surface area contributed by atoms with E-state index in [1.807, 2.05) is 13.0 Å². The zero-order valence-electron chi connectivity index (χ0n) is 13.9. The van der Waals surface area contributed by atoms with Gasteiger partial charge in [-0.3, -0.25) is 10.0 Å². The predicted octanol–water partition coefficient (Wildman–Crippen LogP) is 2.32. The van der Waals surface area contributed by atoms with E-state index >= 15 is 0 Å². The first-order chi connectivity index (χ1) is 11.1. The fourth-order valence-corrected chi connectivity index (χ4v) is 3.92. The summed E-state index contributed by atoms with van der Waals surface area (Å²) >= 11 is 0. The monoisotopic (exact) mass is 320 g/mol. The van der Waals surface area contributed by atoms with Crippen LogP contribution < -0.4 is 10.8 Å². The summed E-state index contributed by atoms with van der Waals surface area (Å²) in [4.78, 5) is 11.9. The van der Waals surface area contributed by atoms with Gasteiger partial charge in [-0.05, 0) is 70.0 Å². The van der Waals surface area contributed by atoms with E-state index < -0.39 is 5.41 Å². The number of rotatable bonds is 4.